The highest BCUT2D eigenvalue weighted by Gasteiger charge is 2.16. The summed E-state index contributed by atoms with van der Waals surface area (Å²) in [6.07, 6.45) is 0. The van der Waals surface area contributed by atoms with Gasteiger partial charge in [0.05, 0.1) is 17.6 Å². The summed E-state index contributed by atoms with van der Waals surface area (Å²) in [4.78, 5) is 22.7. The van der Waals surface area contributed by atoms with Gasteiger partial charge in [-0.15, -0.1) is 0 Å². The Balaban J connectivity index is 2.08. The van der Waals surface area contributed by atoms with E-state index in [0.717, 1.165) is 11.3 Å². The van der Waals surface area contributed by atoms with Gasteiger partial charge in [-0.25, -0.2) is 0 Å². The number of nitrogens with one attached hydrogen (secondary N) is 1. The molecule has 0 fully saturated rings. The van der Waals surface area contributed by atoms with Crippen molar-refractivity contribution < 1.29 is 14.5 Å². The maximum atomic E-state index is 12.3. The van der Waals surface area contributed by atoms with Crippen molar-refractivity contribution in [3.63, 3.8) is 0 Å². The summed E-state index contributed by atoms with van der Waals surface area (Å²) in [5.74, 6) is 0.514. The highest BCUT2D eigenvalue weighted by molar-refractivity contribution is 5.95. The molecule has 0 aliphatic heterocycles. The van der Waals surface area contributed by atoms with E-state index in [1.165, 1.54) is 18.2 Å². The largest absolute Gasteiger partial charge is 0.494 e. The zero-order chi connectivity index (χ0) is 17.7. The number of ether oxygens (including phenoxy) is 1. The zero-order valence-electron chi connectivity index (χ0n) is 13.9. The number of aryl methyl sites for hydroxylation is 1. The van der Waals surface area contributed by atoms with E-state index in [9.17, 15) is 14.9 Å². The van der Waals surface area contributed by atoms with Gasteiger partial charge in [0.1, 0.15) is 5.75 Å². The molecule has 2 aromatic carbocycles. The summed E-state index contributed by atoms with van der Waals surface area (Å²) in [5.41, 5.74) is 1.81. The van der Waals surface area contributed by atoms with Gasteiger partial charge in [0.15, 0.2) is 0 Å². The van der Waals surface area contributed by atoms with Gasteiger partial charge in [0, 0.05) is 17.2 Å². The second-order valence-electron chi connectivity index (χ2n) is 5.46. The second kappa shape index (κ2) is 7.59. The van der Waals surface area contributed by atoms with Gasteiger partial charge in [-0.3, -0.25) is 14.9 Å². The van der Waals surface area contributed by atoms with E-state index in [0.29, 0.717) is 17.7 Å². The van der Waals surface area contributed by atoms with Crippen molar-refractivity contribution >= 4 is 11.6 Å². The van der Waals surface area contributed by atoms with Crippen molar-refractivity contribution in [3.8, 4) is 5.75 Å². The minimum Gasteiger partial charge on any atom is -0.494 e. The van der Waals surface area contributed by atoms with Crippen LogP contribution in [0.25, 0.3) is 0 Å². The lowest BCUT2D eigenvalue weighted by atomic mass is 10.1. The Morgan fingerprint density at radius 1 is 1.25 bits per heavy atom. The number of carbonyl (C=O) groups is 1. The number of hydrogen-bond acceptors (Lipinski definition) is 4. The molecule has 24 heavy (non-hydrogen) atoms. The number of hydrogen-bond donors (Lipinski definition) is 1. The van der Waals surface area contributed by atoms with E-state index >= 15 is 0 Å². The van der Waals surface area contributed by atoms with Gasteiger partial charge < -0.3 is 10.1 Å². The third-order valence-corrected chi connectivity index (χ3v) is 3.69. The van der Waals surface area contributed by atoms with Gasteiger partial charge in [-0.2, -0.15) is 0 Å². The van der Waals surface area contributed by atoms with Crippen molar-refractivity contribution in [1.29, 1.82) is 0 Å². The van der Waals surface area contributed by atoms with Crippen molar-refractivity contribution in [1.82, 2.24) is 5.32 Å². The van der Waals surface area contributed by atoms with E-state index < -0.39 is 4.92 Å². The van der Waals surface area contributed by atoms with Crippen LogP contribution < -0.4 is 10.1 Å². The highest BCUT2D eigenvalue weighted by Crippen LogP contribution is 2.21. The maximum Gasteiger partial charge on any atom is 0.272 e. The minimum atomic E-state index is -0.459. The Morgan fingerprint density at radius 3 is 2.46 bits per heavy atom. The third-order valence-electron chi connectivity index (χ3n) is 3.69. The van der Waals surface area contributed by atoms with Gasteiger partial charge in [-0.1, -0.05) is 12.1 Å². The first-order valence-corrected chi connectivity index (χ1v) is 7.71. The van der Waals surface area contributed by atoms with Gasteiger partial charge in [0.25, 0.3) is 11.6 Å². The maximum absolute atomic E-state index is 12.3. The summed E-state index contributed by atoms with van der Waals surface area (Å²) < 4.78 is 5.39. The number of amides is 1. The van der Waals surface area contributed by atoms with Crippen LogP contribution >= 0.6 is 0 Å². The second-order valence-corrected chi connectivity index (χ2v) is 5.46. The molecule has 6 heteroatoms. The fourth-order valence-corrected chi connectivity index (χ4v) is 2.38. The van der Waals surface area contributed by atoms with E-state index in [-0.39, 0.29) is 17.6 Å². The summed E-state index contributed by atoms with van der Waals surface area (Å²) in [5, 5.41) is 13.7. The van der Waals surface area contributed by atoms with Crippen LogP contribution in [0.4, 0.5) is 5.69 Å². The lowest BCUT2D eigenvalue weighted by molar-refractivity contribution is -0.385. The van der Waals surface area contributed by atoms with E-state index in [1.54, 1.807) is 6.92 Å². The van der Waals surface area contributed by atoms with E-state index in [4.69, 9.17) is 4.74 Å². The molecule has 126 valence electrons. The molecule has 0 bridgehead atoms. The molecule has 0 saturated heterocycles. The molecule has 0 unspecified atom stereocenters. The molecule has 0 radical (unpaired) electrons. The Kier molecular flexibility index (Phi) is 5.52. The standard InChI is InChI=1S/C18H20N2O4/c1-4-24-16-8-5-14(6-9-16)13(3)19-18(21)15-7-10-17(20(22)23)12(2)11-15/h5-11,13H,4H2,1-3H3,(H,19,21)/t13-/m0/s1. The van der Waals surface area contributed by atoms with Crippen molar-refractivity contribution in [2.45, 2.75) is 26.8 Å². The molecule has 0 saturated carbocycles. The van der Waals surface area contributed by atoms with Crippen LogP contribution in [0.3, 0.4) is 0 Å². The average molecular weight is 328 g/mol. The zero-order valence-corrected chi connectivity index (χ0v) is 13.9. The minimum absolute atomic E-state index is 0.00566. The fraction of sp³-hybridized carbons (Fsp3) is 0.278. The number of carbonyl (C=O) groups excluding carboxylic acids is 1. The van der Waals surface area contributed by atoms with Crippen LogP contribution in [-0.2, 0) is 0 Å². The monoisotopic (exact) mass is 328 g/mol. The molecule has 2 rings (SSSR count). The normalized spacial score (nSPS) is 11.6. The molecule has 0 heterocycles. The molecule has 6 nitrogen and oxygen atoms in total. The topological polar surface area (TPSA) is 81.5 Å². The third kappa shape index (κ3) is 4.10. The number of benzene rings is 2. The highest BCUT2D eigenvalue weighted by atomic mass is 16.6. The smallest absolute Gasteiger partial charge is 0.272 e. The molecular formula is C18H20N2O4. The molecule has 0 spiro atoms. The van der Waals surface area contributed by atoms with Gasteiger partial charge in [0.2, 0.25) is 0 Å². The van der Waals surface area contributed by atoms with E-state index in [1.807, 2.05) is 38.1 Å². The number of nitro groups is 1. The Hall–Kier alpha value is -2.89. The Labute approximate surface area is 140 Å². The first-order valence-electron chi connectivity index (χ1n) is 7.71. The van der Waals surface area contributed by atoms with Gasteiger partial charge >= 0.3 is 0 Å². The molecule has 1 atom stereocenters. The molecule has 0 aromatic heterocycles. The molecule has 2 aromatic rings. The van der Waals surface area contributed by atoms with Crippen LogP contribution in [0.2, 0.25) is 0 Å². The SMILES string of the molecule is CCOc1ccc([C@H](C)NC(=O)c2ccc([N+](=O)[O-])c(C)c2)cc1. The predicted molar refractivity (Wildman–Crippen MR) is 91.3 cm³/mol. The van der Waals surface area contributed by atoms with Crippen LogP contribution in [-0.4, -0.2) is 17.4 Å². The lowest BCUT2D eigenvalue weighted by Gasteiger charge is -2.15. The van der Waals surface area contributed by atoms with E-state index in [2.05, 4.69) is 5.32 Å². The first kappa shape index (κ1) is 17.5. The summed E-state index contributed by atoms with van der Waals surface area (Å²) in [6, 6.07) is 11.7. The average Bonchev–Trinajstić information content (AvgIpc) is 2.55. The fourth-order valence-electron chi connectivity index (χ4n) is 2.38. The molecule has 1 N–H and O–H groups in total. The van der Waals surface area contributed by atoms with Crippen LogP contribution in [0, 0.1) is 17.0 Å². The number of rotatable bonds is 6. The molecule has 0 aliphatic rings. The Bertz CT molecular complexity index is 741. The Morgan fingerprint density at radius 2 is 1.92 bits per heavy atom. The molecular weight excluding hydrogens is 308 g/mol. The summed E-state index contributed by atoms with van der Waals surface area (Å²) in [6.45, 7) is 6.02. The van der Waals surface area contributed by atoms with Gasteiger partial charge in [-0.05, 0) is 50.6 Å². The first-order chi connectivity index (χ1) is 11.4. The quantitative estimate of drug-likeness (QED) is 0.646. The summed E-state index contributed by atoms with van der Waals surface area (Å²) >= 11 is 0. The predicted octanol–water partition coefficient (Wildman–Crippen LogP) is 3.79. The van der Waals surface area contributed by atoms with Crippen molar-refractivity contribution in [2.24, 2.45) is 0 Å². The van der Waals surface area contributed by atoms with Crippen molar-refractivity contribution in [2.75, 3.05) is 6.61 Å². The number of nitrogens with zero attached hydrogens (tertiary/aromatic N) is 1. The number of nitro benzene ring substituents is 1. The lowest BCUT2D eigenvalue weighted by Crippen LogP contribution is -2.26. The van der Waals surface area contributed by atoms with Crippen molar-refractivity contribution in [3.05, 3.63) is 69.3 Å². The van der Waals surface area contributed by atoms with Crippen LogP contribution in [0.1, 0.15) is 41.4 Å². The summed E-state index contributed by atoms with van der Waals surface area (Å²) in [7, 11) is 0. The van der Waals surface area contributed by atoms with Crippen LogP contribution in [0.15, 0.2) is 42.5 Å². The van der Waals surface area contributed by atoms with Crippen LogP contribution in [0.5, 0.6) is 5.75 Å². The molecule has 0 aliphatic carbocycles. The molecule has 1 amide bonds.